The fraction of sp³-hybridized carbons (Fsp3) is 1.00. The second kappa shape index (κ2) is 4.10. The summed E-state index contributed by atoms with van der Waals surface area (Å²) in [5, 5.41) is 0. The molecule has 0 aliphatic rings. The first-order valence-electron chi connectivity index (χ1n) is 3.69. The van der Waals surface area contributed by atoms with Crippen molar-refractivity contribution in [3.8, 4) is 0 Å². The van der Waals surface area contributed by atoms with Crippen molar-refractivity contribution in [1.29, 1.82) is 0 Å². The molecule has 0 N–H and O–H groups in total. The van der Waals surface area contributed by atoms with Crippen molar-refractivity contribution >= 4 is 0 Å². The molecule has 0 aromatic rings. The van der Waals surface area contributed by atoms with Gasteiger partial charge in [0.1, 0.15) is 0 Å². The molecule has 0 radical (unpaired) electrons. The van der Waals surface area contributed by atoms with Gasteiger partial charge in [0.25, 0.3) is 0 Å². The Morgan fingerprint density at radius 2 is 0.833 bits per heavy atom. The summed E-state index contributed by atoms with van der Waals surface area (Å²) in [6.45, 7) is 0. The van der Waals surface area contributed by atoms with Gasteiger partial charge in [-0.05, 0) is 0 Å². The van der Waals surface area contributed by atoms with E-state index in [9.17, 15) is 48.3 Å². The number of rotatable bonds is 2. The van der Waals surface area contributed by atoms with Crippen LogP contribution in [0.1, 0.15) is 0 Å². The van der Waals surface area contributed by atoms with Gasteiger partial charge in [0.05, 0.1) is 0 Å². The van der Waals surface area contributed by atoms with Crippen LogP contribution in [0.4, 0.5) is 48.3 Å². The van der Waals surface area contributed by atoms with Gasteiger partial charge in [0, 0.05) is 7.11 Å². The van der Waals surface area contributed by atoms with E-state index in [1.807, 2.05) is 0 Å². The molecule has 1 unspecified atom stereocenters. The molecule has 1 atom stereocenters. The number of hydrogen-bond donors (Lipinski definition) is 0. The summed E-state index contributed by atoms with van der Waals surface area (Å²) in [5.41, 5.74) is -7.25. The SMILES string of the molecule is COC(F)(C(F)(F)F)C(F)(C(F)(F)F)C(F)(F)F. The van der Waals surface area contributed by atoms with Crippen LogP contribution >= 0.6 is 0 Å². The third kappa shape index (κ3) is 2.10. The summed E-state index contributed by atoms with van der Waals surface area (Å²) < 4.78 is 135. The average Bonchev–Trinajstić information content (AvgIpc) is 2.09. The molecule has 0 spiro atoms. The summed E-state index contributed by atoms with van der Waals surface area (Å²) in [7, 11) is -0.473. The smallest absolute Gasteiger partial charge is 0.339 e. The summed E-state index contributed by atoms with van der Waals surface area (Å²) in [5.74, 6) is -6.61. The number of halogens is 11. The summed E-state index contributed by atoms with van der Waals surface area (Å²) >= 11 is 0. The molecule has 1 nitrogen and oxygen atoms in total. The van der Waals surface area contributed by atoms with Crippen LogP contribution in [-0.2, 0) is 4.74 Å². The Labute approximate surface area is 91.5 Å². The van der Waals surface area contributed by atoms with Crippen LogP contribution < -0.4 is 0 Å². The first kappa shape index (κ1) is 17.2. The van der Waals surface area contributed by atoms with E-state index in [0.717, 1.165) is 0 Å². The minimum Gasteiger partial charge on any atom is -0.339 e. The molecule has 110 valence electrons. The first-order valence-corrected chi connectivity index (χ1v) is 3.69. The molecule has 12 heteroatoms. The monoisotopic (exact) mass is 300 g/mol. The van der Waals surface area contributed by atoms with Crippen molar-refractivity contribution in [2.24, 2.45) is 0 Å². The van der Waals surface area contributed by atoms with Crippen molar-refractivity contribution in [3.05, 3.63) is 0 Å². The van der Waals surface area contributed by atoms with Crippen LogP contribution in [0.2, 0.25) is 0 Å². The van der Waals surface area contributed by atoms with E-state index in [2.05, 4.69) is 4.74 Å². The van der Waals surface area contributed by atoms with Crippen LogP contribution in [0.15, 0.2) is 0 Å². The van der Waals surface area contributed by atoms with Crippen molar-refractivity contribution < 1.29 is 53.0 Å². The fourth-order valence-electron chi connectivity index (χ4n) is 0.977. The third-order valence-corrected chi connectivity index (χ3v) is 1.87. The van der Waals surface area contributed by atoms with Gasteiger partial charge in [-0.25, -0.2) is 4.39 Å². The largest absolute Gasteiger partial charge is 0.452 e. The van der Waals surface area contributed by atoms with Gasteiger partial charge < -0.3 is 4.74 Å². The zero-order valence-electron chi connectivity index (χ0n) is 8.07. The van der Waals surface area contributed by atoms with E-state index in [-0.39, 0.29) is 0 Å². The predicted octanol–water partition coefficient (Wildman–Crippen LogP) is 3.69. The topological polar surface area (TPSA) is 9.23 Å². The van der Waals surface area contributed by atoms with Gasteiger partial charge >= 0.3 is 30.1 Å². The maximum absolute atomic E-state index is 12.9. The highest BCUT2D eigenvalue weighted by molar-refractivity contribution is 5.09. The lowest BCUT2D eigenvalue weighted by atomic mass is 9.93. The van der Waals surface area contributed by atoms with E-state index >= 15 is 0 Å². The molecule has 0 heterocycles. The zero-order valence-corrected chi connectivity index (χ0v) is 8.07. The van der Waals surface area contributed by atoms with Crippen molar-refractivity contribution in [2.75, 3.05) is 7.11 Å². The van der Waals surface area contributed by atoms with Gasteiger partial charge in [0.2, 0.25) is 0 Å². The highest BCUT2D eigenvalue weighted by Crippen LogP contribution is 2.58. The van der Waals surface area contributed by atoms with Crippen molar-refractivity contribution in [1.82, 2.24) is 0 Å². The molecular weight excluding hydrogens is 297 g/mol. The number of ether oxygens (including phenoxy) is 1. The molecular formula is C6H3F11O. The Bertz CT molecular complexity index is 284. The lowest BCUT2D eigenvalue weighted by Gasteiger charge is -2.40. The Morgan fingerprint density at radius 1 is 0.556 bits per heavy atom. The molecule has 0 aromatic carbocycles. The first-order chi connectivity index (χ1) is 7.56. The van der Waals surface area contributed by atoms with E-state index < -0.39 is 37.2 Å². The molecule has 0 aliphatic carbocycles. The fourth-order valence-corrected chi connectivity index (χ4v) is 0.977. The maximum Gasteiger partial charge on any atom is 0.452 e. The summed E-state index contributed by atoms with van der Waals surface area (Å²) in [6, 6.07) is 0. The zero-order chi connectivity index (χ0) is 15.2. The van der Waals surface area contributed by atoms with Gasteiger partial charge in [-0.1, -0.05) is 0 Å². The normalized spacial score (nSPS) is 18.7. The maximum atomic E-state index is 12.9. The van der Waals surface area contributed by atoms with Crippen LogP contribution in [-0.4, -0.2) is 37.2 Å². The summed E-state index contributed by atoms with van der Waals surface area (Å²) in [4.78, 5) is 0. The second-order valence-electron chi connectivity index (χ2n) is 2.95. The molecule has 0 aromatic heterocycles. The highest BCUT2D eigenvalue weighted by atomic mass is 19.4. The average molecular weight is 300 g/mol. The van der Waals surface area contributed by atoms with E-state index in [1.54, 1.807) is 0 Å². The van der Waals surface area contributed by atoms with Gasteiger partial charge in [-0.15, -0.1) is 0 Å². The standard InChI is InChI=1S/C6H3F11O/c1-18-3(8,6(15,16)17)2(7,4(9,10)11)5(12,13)14/h1H3. The summed E-state index contributed by atoms with van der Waals surface area (Å²) in [6.07, 6.45) is -21.4. The lowest BCUT2D eigenvalue weighted by Crippen LogP contribution is -2.71. The van der Waals surface area contributed by atoms with Crippen LogP contribution in [0.25, 0.3) is 0 Å². The highest BCUT2D eigenvalue weighted by Gasteiger charge is 2.90. The Kier molecular flexibility index (Phi) is 3.91. The van der Waals surface area contributed by atoms with Crippen molar-refractivity contribution in [3.63, 3.8) is 0 Å². The molecule has 18 heavy (non-hydrogen) atoms. The molecule has 0 saturated heterocycles. The van der Waals surface area contributed by atoms with E-state index in [1.165, 1.54) is 0 Å². The van der Waals surface area contributed by atoms with E-state index in [0.29, 0.717) is 0 Å². The lowest BCUT2D eigenvalue weighted by molar-refractivity contribution is -0.465. The Balaban J connectivity index is 6.22. The quantitative estimate of drug-likeness (QED) is 0.707. The van der Waals surface area contributed by atoms with Crippen molar-refractivity contribution in [2.45, 2.75) is 30.1 Å². The number of methoxy groups -OCH3 is 1. The molecule has 0 rings (SSSR count). The number of alkyl halides is 11. The molecule has 0 saturated carbocycles. The van der Waals surface area contributed by atoms with Gasteiger partial charge in [0.15, 0.2) is 0 Å². The van der Waals surface area contributed by atoms with Crippen LogP contribution in [0.5, 0.6) is 0 Å². The number of hydrogen-bond acceptors (Lipinski definition) is 1. The Hall–Kier alpha value is -0.810. The van der Waals surface area contributed by atoms with Crippen LogP contribution in [0, 0.1) is 0 Å². The van der Waals surface area contributed by atoms with Gasteiger partial charge in [-0.3, -0.25) is 0 Å². The molecule has 0 amide bonds. The second-order valence-corrected chi connectivity index (χ2v) is 2.95. The molecule has 0 aliphatic heterocycles. The third-order valence-electron chi connectivity index (χ3n) is 1.87. The predicted molar refractivity (Wildman–Crippen MR) is 32.9 cm³/mol. The minimum atomic E-state index is -7.25. The molecule has 0 fully saturated rings. The minimum absolute atomic E-state index is 0.473. The van der Waals surface area contributed by atoms with E-state index in [4.69, 9.17) is 0 Å². The molecule has 0 bridgehead atoms. The van der Waals surface area contributed by atoms with Crippen LogP contribution in [0.3, 0.4) is 0 Å². The van der Waals surface area contributed by atoms with Gasteiger partial charge in [-0.2, -0.15) is 43.9 Å². The Morgan fingerprint density at radius 3 is 0.889 bits per heavy atom.